The molecule has 0 saturated carbocycles. The molecule has 9 nitrogen and oxygen atoms in total. The first-order valence-electron chi connectivity index (χ1n) is 8.89. The van der Waals surface area contributed by atoms with Crippen LogP contribution in [0, 0.1) is 10.1 Å². The Hall–Kier alpha value is -3.75. The number of esters is 2. The fraction of sp³-hybridized carbons (Fsp3) is 0.250. The molecular weight excluding hydrogens is 380 g/mol. The molecule has 0 atom stereocenters. The summed E-state index contributed by atoms with van der Waals surface area (Å²) in [5.41, 5.74) is 0.484. The van der Waals surface area contributed by atoms with Gasteiger partial charge < -0.3 is 14.8 Å². The fourth-order valence-electron chi connectivity index (χ4n) is 2.24. The topological polar surface area (TPSA) is 125 Å². The van der Waals surface area contributed by atoms with Crippen molar-refractivity contribution < 1.29 is 28.8 Å². The predicted octanol–water partition coefficient (Wildman–Crippen LogP) is 3.35. The molecule has 29 heavy (non-hydrogen) atoms. The Kier molecular flexibility index (Phi) is 7.84. The van der Waals surface area contributed by atoms with Crippen LogP contribution in [0.1, 0.15) is 40.5 Å². The van der Waals surface area contributed by atoms with Crippen molar-refractivity contribution in [1.29, 1.82) is 0 Å². The number of nitrogens with zero attached hydrogens (tertiary/aromatic N) is 1. The summed E-state index contributed by atoms with van der Waals surface area (Å²) in [5.74, 6) is -1.89. The van der Waals surface area contributed by atoms with Crippen molar-refractivity contribution in [3.63, 3.8) is 0 Å². The second-order valence-electron chi connectivity index (χ2n) is 6.00. The summed E-state index contributed by atoms with van der Waals surface area (Å²) < 4.78 is 9.96. The highest BCUT2D eigenvalue weighted by atomic mass is 16.6. The molecule has 0 heterocycles. The Morgan fingerprint density at radius 3 is 2.34 bits per heavy atom. The molecule has 9 heteroatoms. The van der Waals surface area contributed by atoms with Gasteiger partial charge in [-0.15, -0.1) is 0 Å². The zero-order valence-electron chi connectivity index (χ0n) is 15.8. The van der Waals surface area contributed by atoms with Crippen LogP contribution in [0.3, 0.4) is 0 Å². The molecule has 0 aliphatic rings. The minimum atomic E-state index is -0.853. The average Bonchev–Trinajstić information content (AvgIpc) is 2.72. The summed E-state index contributed by atoms with van der Waals surface area (Å²) >= 11 is 0. The number of hydrogen-bond acceptors (Lipinski definition) is 7. The van der Waals surface area contributed by atoms with Gasteiger partial charge in [0.2, 0.25) is 0 Å². The number of carbonyl (C=O) groups excluding carboxylic acids is 3. The van der Waals surface area contributed by atoms with Crippen molar-refractivity contribution >= 4 is 29.2 Å². The van der Waals surface area contributed by atoms with E-state index in [1.807, 2.05) is 6.92 Å². The summed E-state index contributed by atoms with van der Waals surface area (Å²) in [6.45, 7) is 1.78. The minimum absolute atomic E-state index is 0.0297. The lowest BCUT2D eigenvalue weighted by molar-refractivity contribution is -0.384. The van der Waals surface area contributed by atoms with E-state index in [-0.39, 0.29) is 11.3 Å². The number of ether oxygens (including phenoxy) is 2. The van der Waals surface area contributed by atoms with Gasteiger partial charge in [-0.3, -0.25) is 14.9 Å². The maximum atomic E-state index is 11.9. The molecule has 0 aromatic heterocycles. The third-order valence-electron chi connectivity index (χ3n) is 3.76. The second kappa shape index (κ2) is 10.5. The van der Waals surface area contributed by atoms with Gasteiger partial charge in [-0.1, -0.05) is 19.4 Å². The molecule has 0 radical (unpaired) electrons. The van der Waals surface area contributed by atoms with Crippen molar-refractivity contribution in [2.45, 2.75) is 19.8 Å². The van der Waals surface area contributed by atoms with E-state index in [2.05, 4.69) is 5.32 Å². The minimum Gasteiger partial charge on any atom is -0.462 e. The van der Waals surface area contributed by atoms with E-state index < -0.39 is 29.4 Å². The molecule has 0 fully saturated rings. The van der Waals surface area contributed by atoms with Crippen LogP contribution in [0.5, 0.6) is 0 Å². The van der Waals surface area contributed by atoms with Crippen molar-refractivity contribution in [2.24, 2.45) is 0 Å². The quantitative estimate of drug-likeness (QED) is 0.296. The van der Waals surface area contributed by atoms with Gasteiger partial charge in [0, 0.05) is 17.8 Å². The van der Waals surface area contributed by atoms with E-state index >= 15 is 0 Å². The number of nitro benzene ring substituents is 1. The number of rotatable bonds is 9. The van der Waals surface area contributed by atoms with E-state index in [1.54, 1.807) is 0 Å². The Labute approximate surface area is 166 Å². The average molecular weight is 400 g/mol. The molecule has 0 unspecified atom stereocenters. The number of unbranched alkanes of at least 4 members (excludes halogenated alkanes) is 1. The van der Waals surface area contributed by atoms with Crippen LogP contribution >= 0.6 is 0 Å². The largest absolute Gasteiger partial charge is 0.462 e. The summed E-state index contributed by atoms with van der Waals surface area (Å²) in [7, 11) is 0. The molecular formula is C20H20N2O7. The van der Waals surface area contributed by atoms with Gasteiger partial charge in [0.15, 0.2) is 6.61 Å². The summed E-state index contributed by atoms with van der Waals surface area (Å²) in [5, 5.41) is 13.3. The van der Waals surface area contributed by atoms with Crippen LogP contribution in [0.15, 0.2) is 48.5 Å². The van der Waals surface area contributed by atoms with Gasteiger partial charge >= 0.3 is 11.9 Å². The molecule has 0 bridgehead atoms. The van der Waals surface area contributed by atoms with Gasteiger partial charge in [0.1, 0.15) is 0 Å². The Balaban J connectivity index is 1.84. The molecule has 0 aliphatic heterocycles. The lowest BCUT2D eigenvalue weighted by Crippen LogP contribution is -2.21. The van der Waals surface area contributed by atoms with Crippen LogP contribution < -0.4 is 5.32 Å². The molecule has 1 amide bonds. The van der Waals surface area contributed by atoms with Crippen LogP contribution in [0.2, 0.25) is 0 Å². The van der Waals surface area contributed by atoms with E-state index in [9.17, 15) is 24.5 Å². The third-order valence-corrected chi connectivity index (χ3v) is 3.76. The number of nitro groups is 1. The van der Waals surface area contributed by atoms with Crippen LogP contribution in [-0.4, -0.2) is 36.0 Å². The summed E-state index contributed by atoms with van der Waals surface area (Å²) in [6.07, 6.45) is 1.71. The fourth-order valence-corrected chi connectivity index (χ4v) is 2.24. The van der Waals surface area contributed by atoms with E-state index in [4.69, 9.17) is 9.47 Å². The van der Waals surface area contributed by atoms with Gasteiger partial charge in [-0.2, -0.15) is 0 Å². The van der Waals surface area contributed by atoms with Crippen molar-refractivity contribution in [1.82, 2.24) is 0 Å². The lowest BCUT2D eigenvalue weighted by atomic mass is 10.2. The van der Waals surface area contributed by atoms with Crippen LogP contribution in [0.4, 0.5) is 11.4 Å². The number of anilines is 1. The number of non-ortho nitro benzene ring substituents is 1. The van der Waals surface area contributed by atoms with E-state index in [0.29, 0.717) is 17.9 Å². The monoisotopic (exact) mass is 400 g/mol. The van der Waals surface area contributed by atoms with Crippen molar-refractivity contribution in [3.8, 4) is 0 Å². The highest BCUT2D eigenvalue weighted by Gasteiger charge is 2.14. The molecule has 0 saturated heterocycles. The Morgan fingerprint density at radius 1 is 1.00 bits per heavy atom. The Bertz CT molecular complexity index is 894. The maximum absolute atomic E-state index is 11.9. The highest BCUT2D eigenvalue weighted by Crippen LogP contribution is 2.14. The predicted molar refractivity (Wildman–Crippen MR) is 104 cm³/mol. The molecule has 2 aromatic carbocycles. The first kappa shape index (κ1) is 21.5. The normalized spacial score (nSPS) is 10.1. The number of hydrogen-bond donors (Lipinski definition) is 1. The first-order valence-corrected chi connectivity index (χ1v) is 8.89. The van der Waals surface area contributed by atoms with Gasteiger partial charge in [-0.05, 0) is 36.8 Å². The third kappa shape index (κ3) is 6.73. The lowest BCUT2D eigenvalue weighted by Gasteiger charge is -2.08. The molecule has 2 aromatic rings. The van der Waals surface area contributed by atoms with Gasteiger partial charge in [0.25, 0.3) is 11.6 Å². The molecule has 152 valence electrons. The van der Waals surface area contributed by atoms with Gasteiger partial charge in [-0.25, -0.2) is 9.59 Å². The standard InChI is InChI=1S/C20H20N2O7/c1-2-3-11-28-19(24)14-7-9-16(10-8-14)21-18(23)13-29-20(25)15-5-4-6-17(12-15)22(26)27/h4-10,12H,2-3,11,13H2,1H3,(H,21,23). The number of carbonyl (C=O) groups is 3. The molecule has 0 spiro atoms. The highest BCUT2D eigenvalue weighted by molar-refractivity contribution is 5.96. The second-order valence-corrected chi connectivity index (χ2v) is 6.00. The van der Waals surface area contributed by atoms with Gasteiger partial charge in [0.05, 0.1) is 22.7 Å². The maximum Gasteiger partial charge on any atom is 0.338 e. The van der Waals surface area contributed by atoms with Crippen molar-refractivity contribution in [3.05, 3.63) is 69.8 Å². The molecule has 1 N–H and O–H groups in total. The zero-order chi connectivity index (χ0) is 21.2. The zero-order valence-corrected chi connectivity index (χ0v) is 15.8. The van der Waals surface area contributed by atoms with Crippen LogP contribution in [-0.2, 0) is 14.3 Å². The number of amides is 1. The molecule has 0 aliphatic carbocycles. The van der Waals surface area contributed by atoms with E-state index in [1.165, 1.54) is 42.5 Å². The summed E-state index contributed by atoms with van der Waals surface area (Å²) in [6, 6.07) is 11.1. The van der Waals surface area contributed by atoms with Crippen LogP contribution in [0.25, 0.3) is 0 Å². The SMILES string of the molecule is CCCCOC(=O)c1ccc(NC(=O)COC(=O)c2cccc([N+](=O)[O-])c2)cc1. The summed E-state index contributed by atoms with van der Waals surface area (Å²) in [4.78, 5) is 45.8. The van der Waals surface area contributed by atoms with E-state index in [0.717, 1.165) is 18.9 Å². The molecule has 2 rings (SSSR count). The van der Waals surface area contributed by atoms with Crippen molar-refractivity contribution in [2.75, 3.05) is 18.5 Å². The number of benzene rings is 2. The number of nitrogens with one attached hydrogen (secondary N) is 1. The first-order chi connectivity index (χ1) is 13.9. The Morgan fingerprint density at radius 2 is 1.69 bits per heavy atom. The smallest absolute Gasteiger partial charge is 0.338 e.